The molecule has 7 nitrogen and oxygen atoms in total. The van der Waals surface area contributed by atoms with Crippen LogP contribution in [0.5, 0.6) is 0 Å². The molecule has 152 valence electrons. The Kier molecular flexibility index (Phi) is 4.93. The van der Waals surface area contributed by atoms with Crippen molar-refractivity contribution in [1.29, 1.82) is 0 Å². The molecule has 7 heteroatoms. The van der Waals surface area contributed by atoms with Crippen molar-refractivity contribution in [2.24, 2.45) is 5.92 Å². The number of nitrogens with zero attached hydrogens (tertiary/aromatic N) is 3. The molecule has 2 atom stereocenters. The van der Waals surface area contributed by atoms with Crippen LogP contribution in [0.4, 0.5) is 10.6 Å². The Bertz CT molecular complexity index is 852. The summed E-state index contributed by atoms with van der Waals surface area (Å²) < 4.78 is 5.55. The van der Waals surface area contributed by atoms with E-state index in [2.05, 4.69) is 33.4 Å². The number of hydrogen-bond acceptors (Lipinski definition) is 5. The summed E-state index contributed by atoms with van der Waals surface area (Å²) in [5.74, 6) is 2.14. The Morgan fingerprint density at radius 3 is 2.82 bits per heavy atom. The maximum atomic E-state index is 12.5. The van der Waals surface area contributed by atoms with Gasteiger partial charge in [0.1, 0.15) is 23.4 Å². The predicted octanol–water partition coefficient (Wildman–Crippen LogP) is 4.28. The average Bonchev–Trinajstić information content (AvgIpc) is 3.39. The Morgan fingerprint density at radius 2 is 2.11 bits per heavy atom. The molecule has 4 rings (SSSR count). The fourth-order valence-electron chi connectivity index (χ4n) is 4.09. The van der Waals surface area contributed by atoms with Crippen LogP contribution in [0.2, 0.25) is 0 Å². The van der Waals surface area contributed by atoms with Crippen LogP contribution in [0.25, 0.3) is 11.0 Å². The Balaban J connectivity index is 1.51. The number of rotatable bonds is 4. The summed E-state index contributed by atoms with van der Waals surface area (Å²) in [5, 5.41) is 4.69. The van der Waals surface area contributed by atoms with Gasteiger partial charge < -0.3 is 19.9 Å². The van der Waals surface area contributed by atoms with Crippen LogP contribution in [0.1, 0.15) is 64.9 Å². The molecule has 0 aromatic carbocycles. The van der Waals surface area contributed by atoms with Gasteiger partial charge in [-0.25, -0.2) is 14.8 Å². The molecule has 1 aliphatic heterocycles. The van der Waals surface area contributed by atoms with Crippen molar-refractivity contribution < 1.29 is 9.53 Å². The Hall–Kier alpha value is -2.31. The highest BCUT2D eigenvalue weighted by atomic mass is 16.6. The molecule has 1 amide bonds. The lowest BCUT2D eigenvalue weighted by molar-refractivity contribution is 0.0206. The summed E-state index contributed by atoms with van der Waals surface area (Å²) in [7, 11) is 0. The minimum absolute atomic E-state index is 0.151. The van der Waals surface area contributed by atoms with Crippen LogP contribution in [-0.2, 0) is 4.74 Å². The number of aromatic nitrogens is 3. The van der Waals surface area contributed by atoms with Crippen molar-refractivity contribution in [1.82, 2.24) is 19.9 Å². The minimum Gasteiger partial charge on any atom is -0.444 e. The van der Waals surface area contributed by atoms with Crippen LogP contribution in [0.3, 0.4) is 0 Å². The fraction of sp³-hybridized carbons (Fsp3) is 0.667. The largest absolute Gasteiger partial charge is 0.444 e. The van der Waals surface area contributed by atoms with Crippen molar-refractivity contribution in [3.8, 4) is 0 Å². The van der Waals surface area contributed by atoms with Gasteiger partial charge in [-0.3, -0.25) is 0 Å². The van der Waals surface area contributed by atoms with Crippen molar-refractivity contribution in [2.45, 2.75) is 70.9 Å². The first-order valence-corrected chi connectivity index (χ1v) is 10.4. The van der Waals surface area contributed by atoms with Crippen LogP contribution < -0.4 is 5.32 Å². The lowest BCUT2D eigenvalue weighted by atomic mass is 9.96. The standard InChI is InChI=1S/C21H31N5O2/c1-13(14-7-8-14)16-10-22-18-17(16)19(24-12-23-18)25-15-6-5-9-26(11-15)20(27)28-21(2,3)4/h10,12-15H,5-9,11H2,1-4H3,(H2,22,23,24,25)/t13-,15-/m1/s1. The maximum absolute atomic E-state index is 12.5. The first-order valence-electron chi connectivity index (χ1n) is 10.4. The highest BCUT2D eigenvalue weighted by molar-refractivity contribution is 5.91. The molecule has 2 aliphatic rings. The van der Waals surface area contributed by atoms with Gasteiger partial charge in [-0.15, -0.1) is 0 Å². The van der Waals surface area contributed by atoms with E-state index in [0.29, 0.717) is 12.5 Å². The van der Waals surface area contributed by atoms with Gasteiger partial charge >= 0.3 is 6.09 Å². The number of hydrogen-bond donors (Lipinski definition) is 2. The third-order valence-corrected chi connectivity index (χ3v) is 5.73. The number of carbonyl (C=O) groups excluding carboxylic acids is 1. The van der Waals surface area contributed by atoms with Crippen molar-refractivity contribution >= 4 is 22.9 Å². The van der Waals surface area contributed by atoms with E-state index < -0.39 is 5.60 Å². The van der Waals surface area contributed by atoms with Gasteiger partial charge in [0, 0.05) is 25.3 Å². The van der Waals surface area contributed by atoms with E-state index in [1.165, 1.54) is 18.4 Å². The maximum Gasteiger partial charge on any atom is 0.410 e. The van der Waals surface area contributed by atoms with Crippen LogP contribution in [0.15, 0.2) is 12.5 Å². The fourth-order valence-corrected chi connectivity index (χ4v) is 4.09. The zero-order chi connectivity index (χ0) is 19.9. The van der Waals surface area contributed by atoms with E-state index >= 15 is 0 Å². The number of aromatic amines is 1. The molecular formula is C21H31N5O2. The van der Waals surface area contributed by atoms with E-state index in [-0.39, 0.29) is 12.1 Å². The molecule has 0 unspecified atom stereocenters. The highest BCUT2D eigenvalue weighted by Gasteiger charge is 2.32. The Labute approximate surface area is 166 Å². The van der Waals surface area contributed by atoms with E-state index in [1.807, 2.05) is 20.8 Å². The van der Waals surface area contributed by atoms with E-state index in [4.69, 9.17) is 4.74 Å². The second-order valence-electron chi connectivity index (χ2n) is 9.23. The number of likely N-dealkylation sites (tertiary alicyclic amines) is 1. The molecule has 2 aromatic heterocycles. The second-order valence-corrected chi connectivity index (χ2v) is 9.23. The van der Waals surface area contributed by atoms with Crippen LogP contribution >= 0.6 is 0 Å². The highest BCUT2D eigenvalue weighted by Crippen LogP contribution is 2.44. The molecule has 28 heavy (non-hydrogen) atoms. The topological polar surface area (TPSA) is 83.1 Å². The lowest BCUT2D eigenvalue weighted by Crippen LogP contribution is -2.47. The number of amides is 1. The summed E-state index contributed by atoms with van der Waals surface area (Å²) in [6, 6.07) is 0.151. The predicted molar refractivity (Wildman–Crippen MR) is 109 cm³/mol. The van der Waals surface area contributed by atoms with Crippen LogP contribution in [-0.4, -0.2) is 50.7 Å². The monoisotopic (exact) mass is 385 g/mol. The molecule has 2 N–H and O–H groups in total. The van der Waals surface area contributed by atoms with Gasteiger partial charge in [-0.1, -0.05) is 6.92 Å². The van der Waals surface area contributed by atoms with E-state index in [1.54, 1.807) is 11.2 Å². The lowest BCUT2D eigenvalue weighted by Gasteiger charge is -2.34. The number of nitrogens with one attached hydrogen (secondary N) is 2. The zero-order valence-corrected chi connectivity index (χ0v) is 17.3. The molecule has 2 aromatic rings. The second kappa shape index (κ2) is 7.26. The first kappa shape index (κ1) is 19.0. The van der Waals surface area contributed by atoms with Gasteiger partial charge in [0.25, 0.3) is 0 Å². The van der Waals surface area contributed by atoms with E-state index in [9.17, 15) is 4.79 Å². The average molecular weight is 386 g/mol. The van der Waals surface area contributed by atoms with Gasteiger partial charge in [0.15, 0.2) is 0 Å². The van der Waals surface area contributed by atoms with Crippen molar-refractivity contribution in [3.63, 3.8) is 0 Å². The van der Waals surface area contributed by atoms with Gasteiger partial charge in [-0.05, 0) is 63.9 Å². The molecule has 1 saturated carbocycles. The number of piperidine rings is 1. The molecule has 3 heterocycles. The minimum atomic E-state index is -0.477. The summed E-state index contributed by atoms with van der Waals surface area (Å²) in [6.07, 6.45) is 8.00. The summed E-state index contributed by atoms with van der Waals surface area (Å²) >= 11 is 0. The molecular weight excluding hydrogens is 354 g/mol. The molecule has 0 spiro atoms. The van der Waals surface area contributed by atoms with Gasteiger partial charge in [0.05, 0.1) is 5.39 Å². The van der Waals surface area contributed by atoms with Crippen LogP contribution in [0, 0.1) is 5.92 Å². The molecule has 1 saturated heterocycles. The van der Waals surface area contributed by atoms with E-state index in [0.717, 1.165) is 42.2 Å². The third-order valence-electron chi connectivity index (χ3n) is 5.73. The quantitative estimate of drug-likeness (QED) is 0.821. The van der Waals surface area contributed by atoms with Gasteiger partial charge in [-0.2, -0.15) is 0 Å². The summed E-state index contributed by atoms with van der Waals surface area (Å²) in [5.41, 5.74) is 1.69. The van der Waals surface area contributed by atoms with Crippen molar-refractivity contribution in [2.75, 3.05) is 18.4 Å². The number of carbonyl (C=O) groups is 1. The normalized spacial score (nSPS) is 21.6. The smallest absolute Gasteiger partial charge is 0.410 e. The van der Waals surface area contributed by atoms with Crippen molar-refractivity contribution in [3.05, 3.63) is 18.1 Å². The molecule has 0 bridgehead atoms. The number of ether oxygens (including phenoxy) is 1. The third kappa shape index (κ3) is 4.08. The van der Waals surface area contributed by atoms with Gasteiger partial charge in [0.2, 0.25) is 0 Å². The molecule has 0 radical (unpaired) electrons. The zero-order valence-electron chi connectivity index (χ0n) is 17.3. The number of anilines is 1. The molecule has 2 fully saturated rings. The summed E-state index contributed by atoms with van der Waals surface area (Å²) in [4.78, 5) is 26.5. The first-order chi connectivity index (χ1) is 13.3. The number of H-pyrrole nitrogens is 1. The molecule has 1 aliphatic carbocycles. The SMILES string of the molecule is C[C@@H](c1c[nH]c2ncnc(N[C@@H]3CCCN(C(=O)OC(C)(C)C)C3)c12)C1CC1. The summed E-state index contributed by atoms with van der Waals surface area (Å²) in [6.45, 7) is 9.35. The Morgan fingerprint density at radius 1 is 1.32 bits per heavy atom. The number of fused-ring (bicyclic) bond motifs is 1.